The average molecular weight is 171 g/mol. The van der Waals surface area contributed by atoms with Crippen molar-refractivity contribution in [3.63, 3.8) is 0 Å². The highest BCUT2D eigenvalue weighted by atomic mass is 16.5. The van der Waals surface area contributed by atoms with E-state index in [1.54, 1.807) is 0 Å². The molecule has 1 saturated heterocycles. The molecule has 0 aromatic carbocycles. The quantitative estimate of drug-likeness (QED) is 0.552. The molecule has 12 heavy (non-hydrogen) atoms. The van der Waals surface area contributed by atoms with Crippen molar-refractivity contribution in [2.24, 2.45) is 0 Å². The molecule has 2 fully saturated rings. The summed E-state index contributed by atoms with van der Waals surface area (Å²) in [5.74, 6) is 0. The standard InChI is InChI=1S/C8H15NO.C2H6/c1-9-5-6-10-8(7-9)3-2-4-8;1-2/h2-7H2,1H3;1-2H3. The van der Waals surface area contributed by atoms with Gasteiger partial charge in [-0.05, 0) is 26.3 Å². The molecular weight excluding hydrogens is 150 g/mol. The Hall–Kier alpha value is -0.0800. The molecule has 2 rings (SSSR count). The van der Waals surface area contributed by atoms with E-state index in [-0.39, 0.29) is 0 Å². The third-order valence-corrected chi connectivity index (χ3v) is 2.70. The molecule has 0 radical (unpaired) electrons. The van der Waals surface area contributed by atoms with E-state index in [4.69, 9.17) is 4.74 Å². The number of hydrogen-bond acceptors (Lipinski definition) is 2. The Bertz CT molecular complexity index is 132. The molecule has 72 valence electrons. The molecule has 2 aliphatic rings. The van der Waals surface area contributed by atoms with Gasteiger partial charge in [0, 0.05) is 13.1 Å². The topological polar surface area (TPSA) is 12.5 Å². The van der Waals surface area contributed by atoms with Crippen molar-refractivity contribution >= 4 is 0 Å². The summed E-state index contributed by atoms with van der Waals surface area (Å²) in [6, 6.07) is 0. The van der Waals surface area contributed by atoms with Crippen molar-refractivity contribution in [1.82, 2.24) is 4.90 Å². The number of ether oxygens (including phenoxy) is 1. The van der Waals surface area contributed by atoms with Gasteiger partial charge in [0.15, 0.2) is 0 Å². The number of likely N-dealkylation sites (N-methyl/N-ethyl adjacent to an activating group) is 1. The highest BCUT2D eigenvalue weighted by molar-refractivity contribution is 4.94. The van der Waals surface area contributed by atoms with Crippen LogP contribution >= 0.6 is 0 Å². The predicted molar refractivity (Wildman–Crippen MR) is 51.4 cm³/mol. The summed E-state index contributed by atoms with van der Waals surface area (Å²) in [5.41, 5.74) is 0.299. The molecule has 1 saturated carbocycles. The summed E-state index contributed by atoms with van der Waals surface area (Å²) in [7, 11) is 2.18. The zero-order valence-electron chi connectivity index (χ0n) is 8.60. The monoisotopic (exact) mass is 171 g/mol. The lowest BCUT2D eigenvalue weighted by molar-refractivity contribution is -0.146. The molecule has 0 N–H and O–H groups in total. The minimum Gasteiger partial charge on any atom is -0.372 e. The Labute approximate surface area is 75.9 Å². The van der Waals surface area contributed by atoms with Crippen LogP contribution in [0.4, 0.5) is 0 Å². The Morgan fingerprint density at radius 3 is 2.25 bits per heavy atom. The number of rotatable bonds is 0. The lowest BCUT2D eigenvalue weighted by atomic mass is 9.79. The third kappa shape index (κ3) is 1.99. The van der Waals surface area contributed by atoms with E-state index in [9.17, 15) is 0 Å². The van der Waals surface area contributed by atoms with Gasteiger partial charge in [-0.3, -0.25) is 0 Å². The van der Waals surface area contributed by atoms with E-state index in [2.05, 4.69) is 11.9 Å². The smallest absolute Gasteiger partial charge is 0.0809 e. The van der Waals surface area contributed by atoms with Crippen molar-refractivity contribution in [2.75, 3.05) is 26.7 Å². The number of morpholine rings is 1. The van der Waals surface area contributed by atoms with E-state index >= 15 is 0 Å². The van der Waals surface area contributed by atoms with E-state index in [1.165, 1.54) is 19.3 Å². The molecule has 2 heteroatoms. The van der Waals surface area contributed by atoms with E-state index < -0.39 is 0 Å². The first-order valence-corrected chi connectivity index (χ1v) is 5.13. The van der Waals surface area contributed by atoms with Gasteiger partial charge in [0.05, 0.1) is 12.2 Å². The number of nitrogens with zero attached hydrogens (tertiary/aromatic N) is 1. The van der Waals surface area contributed by atoms with E-state index in [1.807, 2.05) is 13.8 Å². The predicted octanol–water partition coefficient (Wildman–Crippen LogP) is 1.90. The van der Waals surface area contributed by atoms with Gasteiger partial charge in [0.1, 0.15) is 0 Å². The fourth-order valence-electron chi connectivity index (χ4n) is 1.91. The Balaban J connectivity index is 0.000000336. The van der Waals surface area contributed by atoms with Gasteiger partial charge in [-0.25, -0.2) is 0 Å². The van der Waals surface area contributed by atoms with Crippen LogP contribution in [-0.4, -0.2) is 37.2 Å². The van der Waals surface area contributed by atoms with Crippen molar-refractivity contribution in [2.45, 2.75) is 38.7 Å². The summed E-state index contributed by atoms with van der Waals surface area (Å²) < 4.78 is 5.73. The highest BCUT2D eigenvalue weighted by Gasteiger charge is 2.40. The minimum absolute atomic E-state index is 0.299. The van der Waals surface area contributed by atoms with Crippen LogP contribution in [-0.2, 0) is 4.74 Å². The molecule has 0 atom stereocenters. The van der Waals surface area contributed by atoms with Crippen molar-refractivity contribution < 1.29 is 4.74 Å². The molecule has 1 heterocycles. The fourth-order valence-corrected chi connectivity index (χ4v) is 1.91. The molecule has 2 nitrogen and oxygen atoms in total. The van der Waals surface area contributed by atoms with E-state index in [0.717, 1.165) is 19.7 Å². The van der Waals surface area contributed by atoms with Crippen LogP contribution < -0.4 is 0 Å². The lowest BCUT2D eigenvalue weighted by Crippen LogP contribution is -2.54. The second-order valence-electron chi connectivity index (χ2n) is 3.62. The van der Waals surface area contributed by atoms with Gasteiger partial charge >= 0.3 is 0 Å². The number of hydrogen-bond donors (Lipinski definition) is 0. The summed E-state index contributed by atoms with van der Waals surface area (Å²) in [6.07, 6.45) is 3.95. The molecule has 1 aliphatic carbocycles. The van der Waals surface area contributed by atoms with Crippen LogP contribution in [0.25, 0.3) is 0 Å². The zero-order valence-corrected chi connectivity index (χ0v) is 8.60. The molecule has 1 spiro atoms. The van der Waals surface area contributed by atoms with Gasteiger partial charge in [-0.2, -0.15) is 0 Å². The van der Waals surface area contributed by atoms with Crippen LogP contribution in [0.2, 0.25) is 0 Å². The van der Waals surface area contributed by atoms with Crippen molar-refractivity contribution in [3.8, 4) is 0 Å². The fraction of sp³-hybridized carbons (Fsp3) is 1.00. The third-order valence-electron chi connectivity index (χ3n) is 2.70. The van der Waals surface area contributed by atoms with Crippen LogP contribution in [0.5, 0.6) is 0 Å². The summed E-state index contributed by atoms with van der Waals surface area (Å²) >= 11 is 0. The molecule has 0 unspecified atom stereocenters. The van der Waals surface area contributed by atoms with Gasteiger partial charge < -0.3 is 9.64 Å². The Kier molecular flexibility index (Phi) is 3.53. The molecular formula is C10H21NO. The van der Waals surface area contributed by atoms with Crippen molar-refractivity contribution in [1.29, 1.82) is 0 Å². The zero-order chi connectivity index (χ0) is 9.03. The minimum atomic E-state index is 0.299. The maximum Gasteiger partial charge on any atom is 0.0809 e. The van der Waals surface area contributed by atoms with Gasteiger partial charge in [-0.15, -0.1) is 0 Å². The van der Waals surface area contributed by atoms with Crippen LogP contribution in [0.15, 0.2) is 0 Å². The van der Waals surface area contributed by atoms with Crippen LogP contribution in [0.1, 0.15) is 33.1 Å². The van der Waals surface area contributed by atoms with Gasteiger partial charge in [0.2, 0.25) is 0 Å². The molecule has 1 aliphatic heterocycles. The second-order valence-corrected chi connectivity index (χ2v) is 3.62. The first-order chi connectivity index (χ1) is 5.81. The normalized spacial score (nSPS) is 27.2. The largest absolute Gasteiger partial charge is 0.372 e. The summed E-state index contributed by atoms with van der Waals surface area (Å²) in [4.78, 5) is 2.38. The second kappa shape index (κ2) is 4.24. The van der Waals surface area contributed by atoms with Gasteiger partial charge in [-0.1, -0.05) is 13.8 Å². The molecule has 0 aromatic rings. The SMILES string of the molecule is CC.CN1CCOC2(CCC2)C1. The van der Waals surface area contributed by atoms with Crippen LogP contribution in [0, 0.1) is 0 Å². The summed E-state index contributed by atoms with van der Waals surface area (Å²) in [6.45, 7) is 7.21. The van der Waals surface area contributed by atoms with Gasteiger partial charge in [0.25, 0.3) is 0 Å². The highest BCUT2D eigenvalue weighted by Crippen LogP contribution is 2.37. The maximum absolute atomic E-state index is 5.73. The van der Waals surface area contributed by atoms with Crippen molar-refractivity contribution in [3.05, 3.63) is 0 Å². The lowest BCUT2D eigenvalue weighted by Gasteiger charge is -2.47. The Morgan fingerprint density at radius 1 is 1.25 bits per heavy atom. The average Bonchev–Trinajstić information content (AvgIpc) is 2.06. The van der Waals surface area contributed by atoms with Crippen LogP contribution in [0.3, 0.4) is 0 Å². The molecule has 0 aromatic heterocycles. The Morgan fingerprint density at radius 2 is 1.92 bits per heavy atom. The first kappa shape index (κ1) is 10.0. The first-order valence-electron chi connectivity index (χ1n) is 5.13. The van der Waals surface area contributed by atoms with E-state index in [0.29, 0.717) is 5.60 Å². The summed E-state index contributed by atoms with van der Waals surface area (Å²) in [5, 5.41) is 0. The maximum atomic E-state index is 5.73. The molecule has 0 amide bonds. The molecule has 0 bridgehead atoms.